The Balaban J connectivity index is 1.45. The molecule has 0 spiro atoms. The lowest BCUT2D eigenvalue weighted by Gasteiger charge is -2.11. The highest BCUT2D eigenvalue weighted by Gasteiger charge is 2.12. The van der Waals surface area contributed by atoms with Crippen LogP contribution in [-0.2, 0) is 13.1 Å². The highest BCUT2D eigenvalue weighted by molar-refractivity contribution is 5.80. The van der Waals surface area contributed by atoms with Crippen molar-refractivity contribution in [3.8, 4) is 11.4 Å². The number of nitrogens with one attached hydrogen (secondary N) is 2. The van der Waals surface area contributed by atoms with Crippen LogP contribution in [0.1, 0.15) is 11.1 Å². The zero-order chi connectivity index (χ0) is 20.1. The third kappa shape index (κ3) is 4.46. The van der Waals surface area contributed by atoms with E-state index in [0.717, 1.165) is 28.0 Å². The van der Waals surface area contributed by atoms with Crippen LogP contribution in [0.15, 0.2) is 78.9 Å². The number of aromatic nitrogens is 2. The lowest BCUT2D eigenvalue weighted by molar-refractivity contribution is 0.240. The zero-order valence-corrected chi connectivity index (χ0v) is 16.4. The number of hydrogen-bond acceptors (Lipinski definition) is 2. The normalized spacial score (nSPS) is 10.8. The van der Waals surface area contributed by atoms with Crippen molar-refractivity contribution in [2.24, 2.45) is 0 Å². The van der Waals surface area contributed by atoms with Gasteiger partial charge in [0.2, 0.25) is 0 Å². The van der Waals surface area contributed by atoms with Crippen LogP contribution in [0.4, 0.5) is 4.79 Å². The highest BCUT2D eigenvalue weighted by Crippen LogP contribution is 2.24. The van der Waals surface area contributed by atoms with Gasteiger partial charge in [-0.1, -0.05) is 72.3 Å². The molecule has 0 aliphatic rings. The van der Waals surface area contributed by atoms with E-state index in [0.29, 0.717) is 19.6 Å². The molecule has 0 saturated heterocycles. The maximum atomic E-state index is 12.2. The van der Waals surface area contributed by atoms with E-state index < -0.39 is 0 Å². The SMILES string of the molecule is Cc1ccc(-c2nc3ccccc3n2CCNC(=O)NCc2ccccc2)cc1. The van der Waals surface area contributed by atoms with Crippen LogP contribution in [0.2, 0.25) is 0 Å². The number of urea groups is 1. The third-order valence-corrected chi connectivity index (χ3v) is 4.88. The maximum Gasteiger partial charge on any atom is 0.315 e. The van der Waals surface area contributed by atoms with E-state index in [2.05, 4.69) is 52.5 Å². The molecule has 1 heterocycles. The molecule has 0 aliphatic heterocycles. The van der Waals surface area contributed by atoms with Crippen LogP contribution >= 0.6 is 0 Å². The van der Waals surface area contributed by atoms with E-state index in [1.165, 1.54) is 5.56 Å². The first-order valence-corrected chi connectivity index (χ1v) is 9.78. The van der Waals surface area contributed by atoms with Gasteiger partial charge in [0.05, 0.1) is 11.0 Å². The molecule has 5 heteroatoms. The number of carbonyl (C=O) groups is 1. The first kappa shape index (κ1) is 18.7. The van der Waals surface area contributed by atoms with Gasteiger partial charge in [-0.05, 0) is 24.6 Å². The minimum atomic E-state index is -0.171. The fraction of sp³-hybridized carbons (Fsp3) is 0.167. The predicted molar refractivity (Wildman–Crippen MR) is 117 cm³/mol. The largest absolute Gasteiger partial charge is 0.336 e. The molecule has 0 aliphatic carbocycles. The molecule has 0 atom stereocenters. The molecule has 0 radical (unpaired) electrons. The van der Waals surface area contributed by atoms with Gasteiger partial charge in [0, 0.05) is 25.2 Å². The van der Waals surface area contributed by atoms with Crippen molar-refractivity contribution in [2.75, 3.05) is 6.54 Å². The zero-order valence-electron chi connectivity index (χ0n) is 16.4. The summed E-state index contributed by atoms with van der Waals surface area (Å²) in [5.74, 6) is 0.915. The average Bonchev–Trinajstić information content (AvgIpc) is 3.12. The van der Waals surface area contributed by atoms with Crippen molar-refractivity contribution in [3.63, 3.8) is 0 Å². The molecule has 0 fully saturated rings. The number of aryl methyl sites for hydroxylation is 1. The van der Waals surface area contributed by atoms with Gasteiger partial charge in [-0.25, -0.2) is 9.78 Å². The number of carbonyl (C=O) groups excluding carboxylic acids is 1. The van der Waals surface area contributed by atoms with E-state index in [1.807, 2.05) is 48.5 Å². The summed E-state index contributed by atoms with van der Waals surface area (Å²) in [4.78, 5) is 17.0. The smallest absolute Gasteiger partial charge is 0.315 e. The minimum Gasteiger partial charge on any atom is -0.336 e. The summed E-state index contributed by atoms with van der Waals surface area (Å²) >= 11 is 0. The van der Waals surface area contributed by atoms with E-state index in [-0.39, 0.29) is 6.03 Å². The second-order valence-electron chi connectivity index (χ2n) is 7.04. The Morgan fingerprint density at radius 1 is 0.897 bits per heavy atom. The van der Waals surface area contributed by atoms with Crippen LogP contribution < -0.4 is 10.6 Å². The molecule has 3 aromatic carbocycles. The molecular formula is C24H24N4O. The topological polar surface area (TPSA) is 59.0 Å². The number of fused-ring (bicyclic) bond motifs is 1. The molecular weight excluding hydrogens is 360 g/mol. The number of imidazole rings is 1. The monoisotopic (exact) mass is 384 g/mol. The molecule has 0 unspecified atom stereocenters. The number of rotatable bonds is 6. The molecule has 2 amide bonds. The standard InChI is InChI=1S/C24H24N4O/c1-18-11-13-20(14-12-18)23-27-21-9-5-6-10-22(21)28(23)16-15-25-24(29)26-17-19-7-3-2-4-8-19/h2-14H,15-17H2,1H3,(H2,25,26,29). The van der Waals surface area contributed by atoms with E-state index in [4.69, 9.17) is 4.98 Å². The van der Waals surface area contributed by atoms with Crippen molar-refractivity contribution < 1.29 is 4.79 Å². The van der Waals surface area contributed by atoms with E-state index in [1.54, 1.807) is 0 Å². The number of benzene rings is 3. The lowest BCUT2D eigenvalue weighted by Crippen LogP contribution is -2.36. The first-order chi connectivity index (χ1) is 14.2. The minimum absolute atomic E-state index is 0.171. The summed E-state index contributed by atoms with van der Waals surface area (Å²) in [6, 6.07) is 26.2. The van der Waals surface area contributed by atoms with Gasteiger partial charge in [0.25, 0.3) is 0 Å². The van der Waals surface area contributed by atoms with Gasteiger partial charge >= 0.3 is 6.03 Å². The fourth-order valence-electron chi connectivity index (χ4n) is 3.35. The predicted octanol–water partition coefficient (Wildman–Crippen LogP) is 4.51. The molecule has 146 valence electrons. The fourth-order valence-corrected chi connectivity index (χ4v) is 3.35. The van der Waals surface area contributed by atoms with Gasteiger partial charge in [-0.2, -0.15) is 0 Å². The van der Waals surface area contributed by atoms with Gasteiger partial charge in [-0.15, -0.1) is 0 Å². The Morgan fingerprint density at radius 2 is 1.62 bits per heavy atom. The molecule has 4 aromatic rings. The number of hydrogen-bond donors (Lipinski definition) is 2. The number of nitrogens with zero attached hydrogens (tertiary/aromatic N) is 2. The van der Waals surface area contributed by atoms with Gasteiger partial charge in [0.1, 0.15) is 5.82 Å². The summed E-state index contributed by atoms with van der Waals surface area (Å²) < 4.78 is 2.16. The molecule has 29 heavy (non-hydrogen) atoms. The van der Waals surface area contributed by atoms with Crippen LogP contribution in [-0.4, -0.2) is 22.1 Å². The van der Waals surface area contributed by atoms with E-state index in [9.17, 15) is 4.79 Å². The Hall–Kier alpha value is -3.60. The molecule has 5 nitrogen and oxygen atoms in total. The van der Waals surface area contributed by atoms with Crippen molar-refractivity contribution in [1.29, 1.82) is 0 Å². The van der Waals surface area contributed by atoms with E-state index >= 15 is 0 Å². The highest BCUT2D eigenvalue weighted by atomic mass is 16.2. The lowest BCUT2D eigenvalue weighted by atomic mass is 10.1. The van der Waals surface area contributed by atoms with Crippen LogP contribution in [0, 0.1) is 6.92 Å². The van der Waals surface area contributed by atoms with Crippen molar-refractivity contribution in [1.82, 2.24) is 20.2 Å². The first-order valence-electron chi connectivity index (χ1n) is 9.78. The van der Waals surface area contributed by atoms with Crippen molar-refractivity contribution in [2.45, 2.75) is 20.0 Å². The average molecular weight is 384 g/mol. The summed E-state index contributed by atoms with van der Waals surface area (Å²) in [5, 5.41) is 5.84. The van der Waals surface area contributed by atoms with Crippen molar-refractivity contribution in [3.05, 3.63) is 90.0 Å². The summed E-state index contributed by atoms with van der Waals surface area (Å²) in [6.45, 7) is 3.74. The molecule has 1 aromatic heterocycles. The third-order valence-electron chi connectivity index (χ3n) is 4.88. The Kier molecular flexibility index (Phi) is 5.56. The van der Waals surface area contributed by atoms with Crippen LogP contribution in [0.25, 0.3) is 22.4 Å². The second kappa shape index (κ2) is 8.61. The van der Waals surface area contributed by atoms with Crippen LogP contribution in [0.3, 0.4) is 0 Å². The van der Waals surface area contributed by atoms with Crippen LogP contribution in [0.5, 0.6) is 0 Å². The quantitative estimate of drug-likeness (QED) is 0.514. The maximum absolute atomic E-state index is 12.2. The van der Waals surface area contributed by atoms with Gasteiger partial charge < -0.3 is 15.2 Å². The molecule has 0 saturated carbocycles. The number of para-hydroxylation sites is 2. The van der Waals surface area contributed by atoms with Gasteiger partial charge in [-0.3, -0.25) is 0 Å². The Bertz CT molecular complexity index is 1100. The molecule has 2 N–H and O–H groups in total. The molecule has 4 rings (SSSR count). The Morgan fingerprint density at radius 3 is 2.41 bits per heavy atom. The number of amides is 2. The molecule has 0 bridgehead atoms. The second-order valence-corrected chi connectivity index (χ2v) is 7.04. The Labute approximate surface area is 170 Å². The summed E-state index contributed by atoms with van der Waals surface area (Å²) in [6.07, 6.45) is 0. The van der Waals surface area contributed by atoms with Crippen molar-refractivity contribution >= 4 is 17.1 Å². The van der Waals surface area contributed by atoms with Gasteiger partial charge in [0.15, 0.2) is 0 Å². The summed E-state index contributed by atoms with van der Waals surface area (Å²) in [7, 11) is 0. The summed E-state index contributed by atoms with van der Waals surface area (Å²) in [5.41, 5.74) is 5.38.